The third-order valence-electron chi connectivity index (χ3n) is 2.50. The number of ether oxygens (including phenoxy) is 1. The number of hydrogen-bond donors (Lipinski definition) is 2. The van der Waals surface area contributed by atoms with Gasteiger partial charge in [0.05, 0.1) is 12.8 Å². The number of para-hydroxylation sites is 1. The Balaban J connectivity index is 2.21. The van der Waals surface area contributed by atoms with Crippen LogP contribution in [0.4, 0.5) is 11.4 Å². The van der Waals surface area contributed by atoms with Gasteiger partial charge in [-0.25, -0.2) is 4.99 Å². The number of hydrogen-bond acceptors (Lipinski definition) is 3. The zero-order chi connectivity index (χ0) is 14.2. The van der Waals surface area contributed by atoms with Gasteiger partial charge >= 0.3 is 0 Å². The molecule has 2 rings (SSSR count). The molecule has 2 aromatic rings. The number of methoxy groups -OCH3 is 1. The average molecular weight is 266 g/mol. The molecule has 0 heterocycles. The van der Waals surface area contributed by atoms with Gasteiger partial charge in [0.15, 0.2) is 6.19 Å². The normalized spacial score (nSPS) is 10.5. The van der Waals surface area contributed by atoms with Crippen molar-refractivity contribution in [3.63, 3.8) is 0 Å². The maximum Gasteiger partial charge on any atom is 0.214 e. The molecule has 2 N–H and O–H groups in total. The number of benzene rings is 2. The Morgan fingerprint density at radius 1 is 1.15 bits per heavy atom. The summed E-state index contributed by atoms with van der Waals surface area (Å²) in [4.78, 5) is 4.33. The molecule has 0 amide bonds. The zero-order valence-electron chi connectivity index (χ0n) is 11.0. The fourth-order valence-corrected chi connectivity index (χ4v) is 1.61. The quantitative estimate of drug-likeness (QED) is 0.388. The van der Waals surface area contributed by atoms with Crippen LogP contribution in [-0.2, 0) is 0 Å². The van der Waals surface area contributed by atoms with Gasteiger partial charge in [-0.15, -0.1) is 0 Å². The minimum absolute atomic E-state index is 0.354. The third kappa shape index (κ3) is 3.75. The number of nitrogens with one attached hydrogen (secondary N) is 2. The average Bonchev–Trinajstić information content (AvgIpc) is 2.49. The molecule has 0 spiro atoms. The van der Waals surface area contributed by atoms with Crippen LogP contribution in [0.2, 0.25) is 0 Å². The molecule has 0 aliphatic carbocycles. The molecule has 0 atom stereocenters. The number of guanidine groups is 1. The Morgan fingerprint density at radius 3 is 2.65 bits per heavy atom. The van der Waals surface area contributed by atoms with Crippen LogP contribution in [0.1, 0.15) is 0 Å². The summed E-state index contributed by atoms with van der Waals surface area (Å²) in [5.74, 6) is 1.08. The van der Waals surface area contributed by atoms with E-state index in [1.54, 1.807) is 7.11 Å². The first kappa shape index (κ1) is 13.4. The molecule has 0 fully saturated rings. The molecule has 0 aromatic heterocycles. The summed E-state index contributed by atoms with van der Waals surface area (Å²) >= 11 is 0. The predicted octanol–water partition coefficient (Wildman–Crippen LogP) is 2.87. The summed E-state index contributed by atoms with van der Waals surface area (Å²) in [6.45, 7) is 0. The molecule has 0 unspecified atom stereocenters. The Hall–Kier alpha value is -3.00. The summed E-state index contributed by atoms with van der Waals surface area (Å²) in [7, 11) is 1.60. The standard InChI is InChI=1S/C15H14N4O/c1-20-14-9-5-8-13(10-14)19-15(17-11-16)18-12-6-3-2-4-7-12/h2-10H,1H3,(H2,17,18,19). The van der Waals surface area contributed by atoms with Gasteiger partial charge in [-0.2, -0.15) is 5.26 Å². The summed E-state index contributed by atoms with van der Waals surface area (Å²) in [5, 5.41) is 14.3. The molecule has 2 aromatic carbocycles. The van der Waals surface area contributed by atoms with Crippen molar-refractivity contribution in [2.24, 2.45) is 4.99 Å². The summed E-state index contributed by atoms with van der Waals surface area (Å²) in [6.07, 6.45) is 1.86. The molecule has 0 saturated carbocycles. The summed E-state index contributed by atoms with van der Waals surface area (Å²) in [6, 6.07) is 16.8. The van der Waals surface area contributed by atoms with E-state index in [-0.39, 0.29) is 0 Å². The SMILES string of the molecule is COc1cccc(NC(=Nc2ccccc2)NC#N)c1. The van der Waals surface area contributed by atoms with Gasteiger partial charge in [0.25, 0.3) is 0 Å². The lowest BCUT2D eigenvalue weighted by molar-refractivity contribution is 0.415. The lowest BCUT2D eigenvalue weighted by atomic mass is 10.3. The van der Waals surface area contributed by atoms with Crippen LogP contribution in [0.3, 0.4) is 0 Å². The molecule has 0 bridgehead atoms. The van der Waals surface area contributed by atoms with Crippen molar-refractivity contribution < 1.29 is 4.74 Å². The number of nitrogens with zero attached hydrogens (tertiary/aromatic N) is 2. The molecule has 0 radical (unpaired) electrons. The van der Waals surface area contributed by atoms with Crippen molar-refractivity contribution in [3.05, 3.63) is 54.6 Å². The second-order valence-electron chi connectivity index (χ2n) is 3.89. The first-order valence-corrected chi connectivity index (χ1v) is 6.02. The van der Waals surface area contributed by atoms with Crippen LogP contribution in [0.25, 0.3) is 0 Å². The van der Waals surface area contributed by atoms with E-state index < -0.39 is 0 Å². The molecule has 5 nitrogen and oxygen atoms in total. The highest BCUT2D eigenvalue weighted by Gasteiger charge is 2.01. The van der Waals surface area contributed by atoms with E-state index in [0.29, 0.717) is 5.96 Å². The minimum atomic E-state index is 0.354. The van der Waals surface area contributed by atoms with Crippen molar-refractivity contribution in [2.75, 3.05) is 12.4 Å². The minimum Gasteiger partial charge on any atom is -0.497 e. The van der Waals surface area contributed by atoms with Crippen LogP contribution >= 0.6 is 0 Å². The molecule has 5 heteroatoms. The molecule has 0 saturated heterocycles. The second kappa shape index (κ2) is 6.81. The third-order valence-corrected chi connectivity index (χ3v) is 2.50. The monoisotopic (exact) mass is 266 g/mol. The van der Waals surface area contributed by atoms with Gasteiger partial charge in [0.1, 0.15) is 5.75 Å². The van der Waals surface area contributed by atoms with E-state index in [4.69, 9.17) is 10.00 Å². The van der Waals surface area contributed by atoms with E-state index in [0.717, 1.165) is 17.1 Å². The molecule has 100 valence electrons. The molecule has 0 aliphatic rings. The Bertz CT molecular complexity index is 632. The molecular formula is C15H14N4O. The van der Waals surface area contributed by atoms with Crippen molar-refractivity contribution in [2.45, 2.75) is 0 Å². The van der Waals surface area contributed by atoms with Gasteiger partial charge in [0, 0.05) is 11.8 Å². The zero-order valence-corrected chi connectivity index (χ0v) is 11.0. The van der Waals surface area contributed by atoms with Gasteiger partial charge in [-0.3, -0.25) is 5.32 Å². The first-order chi connectivity index (χ1) is 9.81. The molecule has 0 aliphatic heterocycles. The second-order valence-corrected chi connectivity index (χ2v) is 3.89. The number of nitriles is 1. The number of anilines is 1. The topological polar surface area (TPSA) is 69.4 Å². The molecule has 20 heavy (non-hydrogen) atoms. The van der Waals surface area contributed by atoms with Crippen LogP contribution in [0.15, 0.2) is 59.6 Å². The van der Waals surface area contributed by atoms with Crippen LogP contribution in [0.5, 0.6) is 5.75 Å². The van der Waals surface area contributed by atoms with Crippen molar-refractivity contribution in [1.29, 1.82) is 5.26 Å². The Kier molecular flexibility index (Phi) is 4.57. The van der Waals surface area contributed by atoms with Gasteiger partial charge in [-0.1, -0.05) is 24.3 Å². The molecular weight excluding hydrogens is 252 g/mol. The Morgan fingerprint density at radius 2 is 1.95 bits per heavy atom. The highest BCUT2D eigenvalue weighted by atomic mass is 16.5. The summed E-state index contributed by atoms with van der Waals surface area (Å²) < 4.78 is 5.15. The Labute approximate surface area is 117 Å². The predicted molar refractivity (Wildman–Crippen MR) is 78.9 cm³/mol. The van der Waals surface area contributed by atoms with E-state index in [1.165, 1.54) is 0 Å². The van der Waals surface area contributed by atoms with E-state index >= 15 is 0 Å². The maximum absolute atomic E-state index is 8.79. The number of rotatable bonds is 3. The van der Waals surface area contributed by atoms with Gasteiger partial charge in [0.2, 0.25) is 5.96 Å². The fourth-order valence-electron chi connectivity index (χ4n) is 1.61. The lowest BCUT2D eigenvalue weighted by Gasteiger charge is -2.09. The van der Waals surface area contributed by atoms with E-state index in [9.17, 15) is 0 Å². The van der Waals surface area contributed by atoms with E-state index in [1.807, 2.05) is 60.8 Å². The van der Waals surface area contributed by atoms with E-state index in [2.05, 4.69) is 15.6 Å². The van der Waals surface area contributed by atoms with Crippen LogP contribution in [-0.4, -0.2) is 13.1 Å². The highest BCUT2D eigenvalue weighted by molar-refractivity contribution is 5.96. The fraction of sp³-hybridized carbons (Fsp3) is 0.0667. The van der Waals surface area contributed by atoms with Gasteiger partial charge in [-0.05, 0) is 24.3 Å². The van der Waals surface area contributed by atoms with Crippen LogP contribution < -0.4 is 15.4 Å². The van der Waals surface area contributed by atoms with Crippen molar-refractivity contribution >= 4 is 17.3 Å². The van der Waals surface area contributed by atoms with Crippen molar-refractivity contribution in [3.8, 4) is 11.9 Å². The van der Waals surface area contributed by atoms with Gasteiger partial charge < -0.3 is 10.1 Å². The lowest BCUT2D eigenvalue weighted by Crippen LogP contribution is -2.26. The summed E-state index contributed by atoms with van der Waals surface area (Å²) in [5.41, 5.74) is 1.53. The highest BCUT2D eigenvalue weighted by Crippen LogP contribution is 2.17. The van der Waals surface area contributed by atoms with Crippen LogP contribution in [0, 0.1) is 11.5 Å². The smallest absolute Gasteiger partial charge is 0.214 e. The number of aliphatic imine (C=N–C) groups is 1. The largest absolute Gasteiger partial charge is 0.497 e. The van der Waals surface area contributed by atoms with Crippen molar-refractivity contribution in [1.82, 2.24) is 5.32 Å². The maximum atomic E-state index is 8.79. The first-order valence-electron chi connectivity index (χ1n) is 6.02.